The molecule has 0 bridgehead atoms. The third-order valence-corrected chi connectivity index (χ3v) is 4.97. The van der Waals surface area contributed by atoms with E-state index in [1.54, 1.807) is 0 Å². The van der Waals surface area contributed by atoms with E-state index in [1.165, 1.54) is 25.7 Å². The molecular formula is C19H27NO3. The molecule has 3 rings (SSSR count). The number of rotatable bonds is 6. The molecule has 0 radical (unpaired) electrons. The number of amides is 1. The Morgan fingerprint density at radius 1 is 1.22 bits per heavy atom. The highest BCUT2D eigenvalue weighted by Crippen LogP contribution is 2.31. The minimum Gasteiger partial charge on any atom is -0.486 e. The summed E-state index contributed by atoms with van der Waals surface area (Å²) < 4.78 is 11.7. The van der Waals surface area contributed by atoms with Crippen molar-refractivity contribution in [2.45, 2.75) is 51.6 Å². The van der Waals surface area contributed by atoms with Gasteiger partial charge in [0, 0.05) is 13.0 Å². The van der Waals surface area contributed by atoms with Crippen LogP contribution < -0.4 is 9.47 Å². The van der Waals surface area contributed by atoms with E-state index in [2.05, 4.69) is 0 Å². The van der Waals surface area contributed by atoms with Gasteiger partial charge < -0.3 is 14.4 Å². The maximum atomic E-state index is 12.5. The topological polar surface area (TPSA) is 38.8 Å². The number of hydrogen-bond acceptors (Lipinski definition) is 3. The summed E-state index contributed by atoms with van der Waals surface area (Å²) in [5.41, 5.74) is 0. The molecule has 1 aromatic rings. The van der Waals surface area contributed by atoms with Crippen LogP contribution in [0.15, 0.2) is 24.3 Å². The molecule has 4 nitrogen and oxygen atoms in total. The Morgan fingerprint density at radius 2 is 1.96 bits per heavy atom. The summed E-state index contributed by atoms with van der Waals surface area (Å²) in [6.45, 7) is 3.87. The third kappa shape index (κ3) is 4.18. The normalized spacial score (nSPS) is 20.5. The fourth-order valence-electron chi connectivity index (χ4n) is 3.59. The van der Waals surface area contributed by atoms with Crippen LogP contribution in [0.25, 0.3) is 0 Å². The summed E-state index contributed by atoms with van der Waals surface area (Å²) in [7, 11) is 0. The summed E-state index contributed by atoms with van der Waals surface area (Å²) >= 11 is 0. The summed E-state index contributed by atoms with van der Waals surface area (Å²) in [6.07, 6.45) is 6.90. The molecule has 1 aromatic carbocycles. The largest absolute Gasteiger partial charge is 0.486 e. The van der Waals surface area contributed by atoms with Crippen LogP contribution in [0.1, 0.15) is 45.4 Å². The Balaban J connectivity index is 1.50. The van der Waals surface area contributed by atoms with E-state index >= 15 is 0 Å². The molecule has 1 unspecified atom stereocenters. The zero-order valence-electron chi connectivity index (χ0n) is 14.0. The highest BCUT2D eigenvalue weighted by molar-refractivity contribution is 5.76. The van der Waals surface area contributed by atoms with Crippen LogP contribution in [-0.4, -0.2) is 36.6 Å². The van der Waals surface area contributed by atoms with Crippen molar-refractivity contribution in [3.63, 3.8) is 0 Å². The van der Waals surface area contributed by atoms with E-state index in [9.17, 15) is 4.79 Å². The SMILES string of the molecule is CCN(CC1COc2ccccc2O1)C(=O)CCC1CCCC1. The van der Waals surface area contributed by atoms with Crippen molar-refractivity contribution in [1.29, 1.82) is 0 Å². The van der Waals surface area contributed by atoms with Crippen molar-refractivity contribution in [2.75, 3.05) is 19.7 Å². The second-order valence-electron chi connectivity index (χ2n) is 6.62. The molecule has 1 aliphatic heterocycles. The number of hydrogen-bond donors (Lipinski definition) is 0. The minimum absolute atomic E-state index is 0.0831. The molecule has 4 heteroatoms. The van der Waals surface area contributed by atoms with Crippen molar-refractivity contribution in [3.8, 4) is 11.5 Å². The summed E-state index contributed by atoms with van der Waals surface area (Å²) in [4.78, 5) is 14.4. The first kappa shape index (κ1) is 16.2. The monoisotopic (exact) mass is 317 g/mol. The first-order valence-electron chi connectivity index (χ1n) is 8.92. The Morgan fingerprint density at radius 3 is 2.70 bits per heavy atom. The molecule has 1 saturated carbocycles. The summed E-state index contributed by atoms with van der Waals surface area (Å²) in [5, 5.41) is 0. The molecule has 0 spiro atoms. The van der Waals surface area contributed by atoms with Crippen molar-refractivity contribution < 1.29 is 14.3 Å². The van der Waals surface area contributed by atoms with Crippen LogP contribution in [0.3, 0.4) is 0 Å². The lowest BCUT2D eigenvalue weighted by molar-refractivity contribution is -0.132. The molecule has 1 aliphatic carbocycles. The van der Waals surface area contributed by atoms with Gasteiger partial charge in [-0.2, -0.15) is 0 Å². The molecule has 1 heterocycles. The average molecular weight is 317 g/mol. The maximum Gasteiger partial charge on any atom is 0.222 e. The number of benzene rings is 1. The molecule has 2 aliphatic rings. The molecule has 23 heavy (non-hydrogen) atoms. The van der Waals surface area contributed by atoms with Crippen LogP contribution in [0, 0.1) is 5.92 Å². The molecular weight excluding hydrogens is 290 g/mol. The molecule has 1 atom stereocenters. The third-order valence-electron chi connectivity index (χ3n) is 4.97. The van der Waals surface area contributed by atoms with Gasteiger partial charge in [0.15, 0.2) is 17.6 Å². The Kier molecular flexibility index (Phi) is 5.42. The van der Waals surface area contributed by atoms with Gasteiger partial charge in [-0.15, -0.1) is 0 Å². The number of nitrogens with zero attached hydrogens (tertiary/aromatic N) is 1. The number of carbonyl (C=O) groups excluding carboxylic acids is 1. The lowest BCUT2D eigenvalue weighted by Gasteiger charge is -2.31. The fraction of sp³-hybridized carbons (Fsp3) is 0.632. The van der Waals surface area contributed by atoms with Crippen molar-refractivity contribution >= 4 is 5.91 Å². The van der Waals surface area contributed by atoms with Crippen LogP contribution in [-0.2, 0) is 4.79 Å². The van der Waals surface area contributed by atoms with Gasteiger partial charge in [-0.3, -0.25) is 4.79 Å². The second kappa shape index (κ2) is 7.71. The van der Waals surface area contributed by atoms with E-state index < -0.39 is 0 Å². The lowest BCUT2D eigenvalue weighted by Crippen LogP contribution is -2.43. The van der Waals surface area contributed by atoms with Crippen LogP contribution in [0.4, 0.5) is 0 Å². The summed E-state index contributed by atoms with van der Waals surface area (Å²) in [5.74, 6) is 2.58. The van der Waals surface area contributed by atoms with Crippen molar-refractivity contribution in [3.05, 3.63) is 24.3 Å². The first-order chi connectivity index (χ1) is 11.3. The van der Waals surface area contributed by atoms with E-state index in [0.717, 1.165) is 30.4 Å². The molecule has 0 aromatic heterocycles. The van der Waals surface area contributed by atoms with Gasteiger partial charge in [0.05, 0.1) is 6.54 Å². The zero-order valence-corrected chi connectivity index (χ0v) is 14.0. The van der Waals surface area contributed by atoms with E-state index in [4.69, 9.17) is 9.47 Å². The Labute approximate surface area is 138 Å². The highest BCUT2D eigenvalue weighted by atomic mass is 16.6. The van der Waals surface area contributed by atoms with E-state index in [1.807, 2.05) is 36.1 Å². The maximum absolute atomic E-state index is 12.5. The average Bonchev–Trinajstić information content (AvgIpc) is 3.11. The summed E-state index contributed by atoms with van der Waals surface area (Å²) in [6, 6.07) is 7.71. The van der Waals surface area contributed by atoms with Gasteiger partial charge in [-0.25, -0.2) is 0 Å². The molecule has 126 valence electrons. The Bertz CT molecular complexity index is 525. The van der Waals surface area contributed by atoms with Crippen LogP contribution >= 0.6 is 0 Å². The van der Waals surface area contributed by atoms with Gasteiger partial charge in [-0.1, -0.05) is 37.8 Å². The van der Waals surface area contributed by atoms with Gasteiger partial charge >= 0.3 is 0 Å². The van der Waals surface area contributed by atoms with E-state index in [-0.39, 0.29) is 12.0 Å². The number of carbonyl (C=O) groups is 1. The van der Waals surface area contributed by atoms with Crippen LogP contribution in [0.5, 0.6) is 11.5 Å². The van der Waals surface area contributed by atoms with Gasteiger partial charge in [0.2, 0.25) is 5.91 Å². The van der Waals surface area contributed by atoms with Crippen LogP contribution in [0.2, 0.25) is 0 Å². The van der Waals surface area contributed by atoms with Gasteiger partial charge in [0.25, 0.3) is 0 Å². The van der Waals surface area contributed by atoms with E-state index in [0.29, 0.717) is 19.6 Å². The number of likely N-dealkylation sites (N-methyl/N-ethyl adjacent to an activating group) is 1. The van der Waals surface area contributed by atoms with Gasteiger partial charge in [-0.05, 0) is 31.4 Å². The molecule has 1 amide bonds. The number of para-hydroxylation sites is 2. The predicted octanol–water partition coefficient (Wildman–Crippen LogP) is 3.65. The number of ether oxygens (including phenoxy) is 2. The quantitative estimate of drug-likeness (QED) is 0.804. The van der Waals surface area contributed by atoms with Crippen molar-refractivity contribution in [2.24, 2.45) is 5.92 Å². The smallest absolute Gasteiger partial charge is 0.222 e. The highest BCUT2D eigenvalue weighted by Gasteiger charge is 2.25. The van der Waals surface area contributed by atoms with Crippen molar-refractivity contribution in [1.82, 2.24) is 4.90 Å². The lowest BCUT2D eigenvalue weighted by atomic mass is 10.0. The first-order valence-corrected chi connectivity index (χ1v) is 8.92. The molecule has 0 saturated heterocycles. The fourth-order valence-corrected chi connectivity index (χ4v) is 3.59. The second-order valence-corrected chi connectivity index (χ2v) is 6.62. The van der Waals surface area contributed by atoms with Gasteiger partial charge in [0.1, 0.15) is 6.61 Å². The number of fused-ring (bicyclic) bond motifs is 1. The standard InChI is InChI=1S/C19H27NO3/c1-2-20(19(21)12-11-15-7-3-4-8-15)13-16-14-22-17-9-5-6-10-18(17)23-16/h5-6,9-10,15-16H,2-4,7-8,11-14H2,1H3. The Hall–Kier alpha value is -1.71. The molecule has 0 N–H and O–H groups in total. The minimum atomic E-state index is -0.0831. The zero-order chi connectivity index (χ0) is 16.1. The molecule has 1 fully saturated rings. The predicted molar refractivity (Wildman–Crippen MR) is 89.8 cm³/mol.